The summed E-state index contributed by atoms with van der Waals surface area (Å²) in [5, 5.41) is 69.8. The number of urea groups is 5. The zero-order valence-electron chi connectivity index (χ0n) is 69.7. The van der Waals surface area contributed by atoms with E-state index in [1.165, 1.54) is 94.0 Å². The Hall–Kier alpha value is -12.8. The monoisotopic (exact) mass is 2040 g/mol. The number of hydrogen-bond donors (Lipinski definition) is 10. The van der Waals surface area contributed by atoms with Crippen molar-refractivity contribution < 1.29 is 41.5 Å². The van der Waals surface area contributed by atoms with Crippen molar-refractivity contribution in [2.24, 2.45) is 0 Å². The number of thiazole rings is 5. The van der Waals surface area contributed by atoms with Gasteiger partial charge in [-0.2, -0.15) is 30.8 Å². The number of H-pyrrole nitrogens is 5. The summed E-state index contributed by atoms with van der Waals surface area (Å²) < 4.78 is 55.8. The van der Waals surface area contributed by atoms with Gasteiger partial charge >= 0.3 is 30.2 Å². The summed E-state index contributed by atoms with van der Waals surface area (Å²) in [5.74, 6) is -2.07. The minimum Gasteiger partial charge on any atom is -0.317 e. The summed E-state index contributed by atoms with van der Waals surface area (Å²) in [4.78, 5) is 97.9. The normalized spacial score (nSPS) is 16.3. The molecule has 0 fully saturated rings. The molecule has 10 N–H and O–H groups in total. The van der Waals surface area contributed by atoms with Crippen LogP contribution in [0.5, 0.6) is 0 Å². The van der Waals surface area contributed by atoms with Crippen molar-refractivity contribution >= 4 is 163 Å². The summed E-state index contributed by atoms with van der Waals surface area (Å²) in [7, 11) is 0. The Kier molecular flexibility index (Phi) is 27.9. The van der Waals surface area contributed by atoms with Gasteiger partial charge in [-0.15, -0.1) is 56.7 Å². The van der Waals surface area contributed by atoms with Crippen molar-refractivity contribution in [1.29, 1.82) is 5.26 Å². The highest BCUT2D eigenvalue weighted by Gasteiger charge is 2.38. The average molecular weight is 2050 g/mol. The van der Waals surface area contributed by atoms with Gasteiger partial charge in [0.1, 0.15) is 79.2 Å². The van der Waals surface area contributed by atoms with E-state index in [-0.39, 0.29) is 87.7 Å². The molecule has 0 bridgehead atoms. The molecule has 666 valence electrons. The number of carbonyl (C=O) groups is 5. The van der Waals surface area contributed by atoms with E-state index in [0.29, 0.717) is 78.7 Å². The lowest BCUT2D eigenvalue weighted by Crippen LogP contribution is -2.44. The number of aromatic nitrogens is 16. The predicted molar refractivity (Wildman–Crippen MR) is 500 cm³/mol. The maximum Gasteiger partial charge on any atom is 0.322 e. The van der Waals surface area contributed by atoms with Crippen molar-refractivity contribution in [3.05, 3.63) is 250 Å². The maximum absolute atomic E-state index is 14.2. The van der Waals surface area contributed by atoms with Gasteiger partial charge in [-0.25, -0.2) is 71.4 Å². The van der Waals surface area contributed by atoms with Crippen LogP contribution in [-0.4, -0.2) is 166 Å². The Morgan fingerprint density at radius 3 is 1.05 bits per heavy atom. The molecule has 0 aliphatic carbocycles. The third-order valence-corrected chi connectivity index (χ3v) is 27.0. The maximum atomic E-state index is 14.2. The van der Waals surface area contributed by atoms with Gasteiger partial charge in [0.2, 0.25) is 0 Å². The minimum atomic E-state index is -0.613. The second-order valence-corrected chi connectivity index (χ2v) is 37.0. The van der Waals surface area contributed by atoms with Gasteiger partial charge in [0, 0.05) is 169 Å². The minimum absolute atomic E-state index is 0.00937. The van der Waals surface area contributed by atoms with Crippen LogP contribution in [0.15, 0.2) is 159 Å². The van der Waals surface area contributed by atoms with E-state index in [4.69, 9.17) is 5.26 Å². The largest absolute Gasteiger partial charge is 0.322 e. The van der Waals surface area contributed by atoms with Gasteiger partial charge in [-0.3, -0.25) is 25.5 Å². The van der Waals surface area contributed by atoms with E-state index < -0.39 is 17.5 Å². The molecule has 0 saturated carbocycles. The molecule has 16 heterocycles. The van der Waals surface area contributed by atoms with Crippen LogP contribution in [0.25, 0.3) is 56.9 Å². The van der Waals surface area contributed by atoms with E-state index in [0.717, 1.165) is 131 Å². The summed E-state index contributed by atoms with van der Waals surface area (Å²) >= 11 is 16.8. The third kappa shape index (κ3) is 20.1. The van der Waals surface area contributed by atoms with Crippen LogP contribution < -0.4 is 26.6 Å². The number of nitrogens with zero attached hydrogens (tertiary/aromatic N) is 17. The highest BCUT2D eigenvalue weighted by atomic mass is 79.9. The van der Waals surface area contributed by atoms with Crippen LogP contribution in [0.4, 0.5) is 70.0 Å². The topological polar surface area (TPSA) is 406 Å². The van der Waals surface area contributed by atoms with Gasteiger partial charge in [-0.05, 0) is 162 Å². The van der Waals surface area contributed by atoms with Crippen molar-refractivity contribution in [2.75, 3.05) is 26.6 Å². The molecule has 0 radical (unpaired) electrons. The molecular weight excluding hydrogens is 1970 g/mol. The SMILES string of the molecule is CC1Cc2[nH]nc(-c3cscn3)c2CN1C(=O)Nc1ccc(F)c(Br)c1.CC1Cc2[nH]nc(-c3cscn3)c2CN1C(=O)Nc1ccc(F)c(C#N)c1.CC1Cc2[nH]nc(-c3cscn3)c2CN1C(=O)Nc1cccc(Br)c1F.CC1Cc2[nH]nc(-c3cscn3)c2CN1C(=O)Nc1ccnc(Br)c1F.Cc1cccc(NC(=O)N2Cc3c(-c4cscn4)n[nH]c3CC2C)c1. The van der Waals surface area contributed by atoms with Crippen molar-refractivity contribution in [2.45, 2.75) is 137 Å². The highest BCUT2D eigenvalue weighted by Crippen LogP contribution is 2.39. The number of nitrogens with one attached hydrogen (secondary N) is 10. The van der Waals surface area contributed by atoms with Gasteiger partial charge < -0.3 is 51.1 Å². The number of amides is 10. The van der Waals surface area contributed by atoms with Crippen molar-refractivity contribution in [3.8, 4) is 63.0 Å². The number of carbonyl (C=O) groups excluding carboxylic acids is 5. The molecule has 5 aliphatic rings. The van der Waals surface area contributed by atoms with E-state index in [1.807, 2.05) is 90.7 Å². The first-order valence-corrected chi connectivity index (χ1v) is 47.5. The third-order valence-electron chi connectivity index (χ3n) is 22.3. The fourth-order valence-corrected chi connectivity index (χ4v) is 19.2. The molecule has 11 aromatic heterocycles. The summed E-state index contributed by atoms with van der Waals surface area (Å²) in [6, 6.07) is 22.8. The Morgan fingerprint density at radius 1 is 0.392 bits per heavy atom. The van der Waals surface area contributed by atoms with Crippen molar-refractivity contribution in [3.63, 3.8) is 0 Å². The molecule has 15 aromatic rings. The Labute approximate surface area is 785 Å². The van der Waals surface area contributed by atoms with Gasteiger partial charge in [0.15, 0.2) is 11.6 Å². The molecule has 5 unspecified atom stereocenters. The number of halogens is 7. The number of rotatable bonds is 10. The number of nitriles is 1. The van der Waals surface area contributed by atoms with Crippen LogP contribution in [0.3, 0.4) is 0 Å². The van der Waals surface area contributed by atoms with Crippen LogP contribution in [-0.2, 0) is 64.8 Å². The first-order valence-electron chi connectivity index (χ1n) is 40.4. The smallest absolute Gasteiger partial charge is 0.317 e. The van der Waals surface area contributed by atoms with Crippen LogP contribution in [0.1, 0.15) is 102 Å². The number of hydrogen-bond acceptors (Lipinski definition) is 22. The van der Waals surface area contributed by atoms with Gasteiger partial charge in [-0.1, -0.05) is 18.2 Å². The number of pyridine rings is 1. The molecule has 4 aromatic carbocycles. The lowest BCUT2D eigenvalue weighted by Gasteiger charge is -2.33. The molecule has 0 saturated heterocycles. The van der Waals surface area contributed by atoms with E-state index in [1.54, 1.807) is 82.8 Å². The quantitative estimate of drug-likeness (QED) is 0.0449. The van der Waals surface area contributed by atoms with E-state index >= 15 is 0 Å². The fraction of sp³-hybridized carbons (Fsp3) is 0.244. The second kappa shape index (κ2) is 40.1. The molecule has 44 heteroatoms. The molecule has 5 atom stereocenters. The lowest BCUT2D eigenvalue weighted by atomic mass is 9.99. The molecular formula is C86H78Br3F4N27O5S5. The second-order valence-electron chi connectivity index (χ2n) is 30.9. The number of anilines is 5. The van der Waals surface area contributed by atoms with Crippen molar-refractivity contribution in [1.82, 2.24) is 105 Å². The predicted octanol–water partition coefficient (Wildman–Crippen LogP) is 20.0. The van der Waals surface area contributed by atoms with Crippen LogP contribution >= 0.6 is 104 Å². The Morgan fingerprint density at radius 2 is 0.715 bits per heavy atom. The molecule has 0 spiro atoms. The summed E-state index contributed by atoms with van der Waals surface area (Å²) in [6.07, 6.45) is 4.81. The highest BCUT2D eigenvalue weighted by molar-refractivity contribution is 9.11. The summed E-state index contributed by atoms with van der Waals surface area (Å²) in [5.41, 5.74) is 29.7. The molecule has 32 nitrogen and oxygen atoms in total. The number of aryl methyl sites for hydroxylation is 1. The lowest BCUT2D eigenvalue weighted by molar-refractivity contribution is 0.181. The number of fused-ring (bicyclic) bond motifs is 5. The number of aromatic amines is 5. The van der Waals surface area contributed by atoms with Crippen LogP contribution in [0.2, 0.25) is 0 Å². The zero-order chi connectivity index (χ0) is 91.1. The molecule has 130 heavy (non-hydrogen) atoms. The molecule has 20 rings (SSSR count). The van der Waals surface area contributed by atoms with Gasteiger partial charge in [0.05, 0.1) is 86.2 Å². The van der Waals surface area contributed by atoms with Crippen LogP contribution in [0, 0.1) is 41.5 Å². The van der Waals surface area contributed by atoms with E-state index in [9.17, 15) is 41.5 Å². The zero-order valence-corrected chi connectivity index (χ0v) is 78.6. The standard InChI is InChI=1S/C18H15FN6OS.C18H19N5OS.2C17H15BrFN5OS.C16H14BrFN6OS/c1-10-4-15-13(17(24-23-15)16-8-27-9-21-16)7-25(10)18(26)22-12-2-3-14(19)11(5-12)6-20;1-11-4-3-5-13(6-11)20-18(24)23-8-14-15(7-12(23)2)21-22-17(14)16-9-25-10-19-16;1-9-4-14-11(16(23-22-14)15-7-26-8-20-15)6-24(9)17(25)21-10-2-3-13(19)12(18)5-10;1-9-5-13-10(16(23-22-13)14-7-26-8-20-14)6-24(9)17(25)21-12-4-2-3-11(18)15(12)19;1-8-4-11-9(14(23-22-11)12-6-26-7-20-12)5-24(8)16(25)21-10-2-3-19-15(17)13(10)18/h2-3,5,8-10H,4,7H2,1H3,(H,22,26)(H,23,24);3-6,9-10,12H,7-8H2,1-2H3,(H,20,24)(H,21,22);2-3,5,7-9H,4,6H2,1H3,(H,21,25)(H,22,23);2-4,7-9H,5-6H2,1H3,(H,21,25)(H,22,23);2-3,6-8H,4-5H2,1H3,(H,22,23)(H,19,21,25). The average Bonchev–Trinajstić information content (AvgIpc) is 1.64. The Balaban J connectivity index is 0.000000119. The molecule has 10 amide bonds. The van der Waals surface area contributed by atoms with E-state index in [2.05, 4.69) is 162 Å². The first-order chi connectivity index (χ1) is 62.8. The Bertz CT molecular complexity index is 6490. The summed E-state index contributed by atoms with van der Waals surface area (Å²) in [6.45, 7) is 14.0. The molecule has 5 aliphatic heterocycles. The number of benzene rings is 4. The van der Waals surface area contributed by atoms with Gasteiger partial charge in [0.25, 0.3) is 0 Å². The first kappa shape index (κ1) is 90.6. The fourth-order valence-electron chi connectivity index (χ4n) is 15.5.